The van der Waals surface area contributed by atoms with Crippen LogP contribution in [0.5, 0.6) is 0 Å². The number of aliphatic hydroxyl groups excluding tert-OH is 1. The van der Waals surface area contributed by atoms with E-state index in [1.165, 1.54) is 5.56 Å². The van der Waals surface area contributed by atoms with Gasteiger partial charge in [-0.25, -0.2) is 4.98 Å². The van der Waals surface area contributed by atoms with Crippen LogP contribution in [0.25, 0.3) is 5.65 Å². The van der Waals surface area contributed by atoms with E-state index in [1.54, 1.807) is 0 Å². The maximum Gasteiger partial charge on any atom is 0.163 e. The zero-order chi connectivity index (χ0) is 21.1. The normalized spacial score (nSPS) is 19.0. The lowest BCUT2D eigenvalue weighted by molar-refractivity contribution is 0.154. The fraction of sp³-hybridized carbons (Fsp3) is 0.476. The number of hydrogen-bond acceptors (Lipinski definition) is 7. The molecule has 3 N–H and O–H groups in total. The third-order valence-electron chi connectivity index (χ3n) is 5.73. The fourth-order valence-electron chi connectivity index (χ4n) is 3.78. The second kappa shape index (κ2) is 9.03. The van der Waals surface area contributed by atoms with Crippen LogP contribution in [0.3, 0.4) is 0 Å². The van der Waals surface area contributed by atoms with Gasteiger partial charge in [-0.15, -0.1) is 0 Å². The van der Waals surface area contributed by atoms with Gasteiger partial charge < -0.3 is 15.7 Å². The zero-order valence-corrected chi connectivity index (χ0v) is 19.5. The molecule has 0 aliphatic carbocycles. The molecule has 0 unspecified atom stereocenters. The van der Waals surface area contributed by atoms with E-state index >= 15 is 0 Å². The summed E-state index contributed by atoms with van der Waals surface area (Å²) in [7, 11) is 0. The standard InChI is InChI=1S/C21H28IN7O/c1-15(2)17-10-26-29-19(28(22)11-16-3-6-23-7-4-16)9-18(27-20(17)29)25-13-21(14-30)5-8-24-12-21/h3-4,6-7,9-10,15,24,30H,5,8,11-14H2,1-2H3,(H,25,27)/t21-/m1/s1. The summed E-state index contributed by atoms with van der Waals surface area (Å²) >= 11 is 2.33. The van der Waals surface area contributed by atoms with Crippen molar-refractivity contribution in [2.75, 3.05) is 34.7 Å². The van der Waals surface area contributed by atoms with Crippen LogP contribution in [0.4, 0.5) is 11.6 Å². The average Bonchev–Trinajstić information content (AvgIpc) is 3.40. The van der Waals surface area contributed by atoms with Gasteiger partial charge in [-0.2, -0.15) is 9.61 Å². The molecular weight excluding hydrogens is 493 g/mol. The highest BCUT2D eigenvalue weighted by atomic mass is 127. The third-order valence-corrected chi connectivity index (χ3v) is 6.57. The molecule has 30 heavy (non-hydrogen) atoms. The molecule has 1 atom stereocenters. The molecule has 1 saturated heterocycles. The molecule has 1 aliphatic rings. The van der Waals surface area contributed by atoms with Gasteiger partial charge in [0.05, 0.1) is 42.2 Å². The summed E-state index contributed by atoms with van der Waals surface area (Å²) in [5.41, 5.74) is 3.01. The van der Waals surface area contributed by atoms with Crippen LogP contribution in [0.2, 0.25) is 0 Å². The monoisotopic (exact) mass is 521 g/mol. The Morgan fingerprint density at radius 2 is 2.17 bits per heavy atom. The van der Waals surface area contributed by atoms with Gasteiger partial charge in [0.25, 0.3) is 0 Å². The van der Waals surface area contributed by atoms with Crippen LogP contribution in [0, 0.1) is 5.41 Å². The van der Waals surface area contributed by atoms with Crippen LogP contribution in [0.1, 0.15) is 37.3 Å². The number of aromatic nitrogens is 4. The Bertz CT molecular complexity index is 986. The number of halogens is 1. The van der Waals surface area contributed by atoms with E-state index in [9.17, 15) is 5.11 Å². The topological polar surface area (TPSA) is 90.6 Å². The van der Waals surface area contributed by atoms with Crippen LogP contribution >= 0.6 is 22.9 Å². The lowest BCUT2D eigenvalue weighted by atomic mass is 9.88. The highest BCUT2D eigenvalue weighted by Crippen LogP contribution is 2.30. The maximum absolute atomic E-state index is 9.93. The van der Waals surface area contributed by atoms with E-state index < -0.39 is 0 Å². The van der Waals surface area contributed by atoms with E-state index in [1.807, 2.05) is 41.3 Å². The zero-order valence-electron chi connectivity index (χ0n) is 17.3. The van der Waals surface area contributed by atoms with Crippen molar-refractivity contribution >= 4 is 40.1 Å². The molecule has 9 heteroatoms. The summed E-state index contributed by atoms with van der Waals surface area (Å²) in [4.78, 5) is 8.98. The van der Waals surface area contributed by atoms with Gasteiger partial charge in [-0.3, -0.25) is 8.10 Å². The minimum Gasteiger partial charge on any atom is -0.396 e. The number of aliphatic hydroxyl groups is 1. The van der Waals surface area contributed by atoms with E-state index in [0.29, 0.717) is 12.5 Å². The number of hydrogen-bond donors (Lipinski definition) is 3. The van der Waals surface area contributed by atoms with Gasteiger partial charge in [0.15, 0.2) is 5.65 Å². The van der Waals surface area contributed by atoms with Gasteiger partial charge in [-0.1, -0.05) is 13.8 Å². The predicted molar refractivity (Wildman–Crippen MR) is 127 cm³/mol. The Kier molecular flexibility index (Phi) is 6.40. The van der Waals surface area contributed by atoms with Crippen LogP contribution < -0.4 is 13.7 Å². The molecule has 0 amide bonds. The van der Waals surface area contributed by atoms with Crippen molar-refractivity contribution in [1.29, 1.82) is 0 Å². The first-order valence-corrected chi connectivity index (χ1v) is 11.2. The van der Waals surface area contributed by atoms with Gasteiger partial charge in [0.1, 0.15) is 11.6 Å². The van der Waals surface area contributed by atoms with Crippen LogP contribution in [-0.4, -0.2) is 50.9 Å². The fourth-order valence-corrected chi connectivity index (χ4v) is 4.52. The number of rotatable bonds is 8. The lowest BCUT2D eigenvalue weighted by Crippen LogP contribution is -2.35. The largest absolute Gasteiger partial charge is 0.396 e. The van der Waals surface area contributed by atoms with Crippen LogP contribution in [-0.2, 0) is 6.54 Å². The third kappa shape index (κ3) is 4.37. The lowest BCUT2D eigenvalue weighted by Gasteiger charge is -2.26. The van der Waals surface area contributed by atoms with Crippen molar-refractivity contribution in [2.45, 2.75) is 32.7 Å². The number of nitrogens with zero attached hydrogens (tertiary/aromatic N) is 5. The molecule has 4 heterocycles. The van der Waals surface area contributed by atoms with Crippen molar-refractivity contribution in [1.82, 2.24) is 24.9 Å². The molecule has 3 aromatic heterocycles. The van der Waals surface area contributed by atoms with E-state index in [4.69, 9.17) is 4.98 Å². The molecule has 0 spiro atoms. The number of fused-ring (bicyclic) bond motifs is 1. The highest BCUT2D eigenvalue weighted by Gasteiger charge is 2.33. The average molecular weight is 521 g/mol. The van der Waals surface area contributed by atoms with Crippen molar-refractivity contribution < 1.29 is 5.11 Å². The summed E-state index contributed by atoms with van der Waals surface area (Å²) in [6, 6.07) is 6.07. The van der Waals surface area contributed by atoms with Gasteiger partial charge in [0.2, 0.25) is 0 Å². The SMILES string of the molecule is CC(C)c1cnn2c(N(I)Cc3ccncc3)cc(NC[C@@]3(CO)CCNC3)nc12. The molecular formula is C21H28IN7O. The smallest absolute Gasteiger partial charge is 0.163 e. The van der Waals surface area contributed by atoms with Gasteiger partial charge in [0, 0.05) is 42.5 Å². The minimum atomic E-state index is -0.143. The number of pyridine rings is 1. The van der Waals surface area contributed by atoms with Crippen molar-refractivity contribution in [3.05, 3.63) is 47.9 Å². The van der Waals surface area contributed by atoms with E-state index in [2.05, 4.69) is 60.5 Å². The van der Waals surface area contributed by atoms with Crippen molar-refractivity contribution in [3.63, 3.8) is 0 Å². The molecule has 1 fully saturated rings. The Morgan fingerprint density at radius 3 is 2.83 bits per heavy atom. The molecule has 1 aliphatic heterocycles. The van der Waals surface area contributed by atoms with Gasteiger partial charge >= 0.3 is 0 Å². The molecule has 0 radical (unpaired) electrons. The minimum absolute atomic E-state index is 0.143. The van der Waals surface area contributed by atoms with E-state index in [0.717, 1.165) is 48.9 Å². The molecule has 0 aromatic carbocycles. The first-order chi connectivity index (χ1) is 14.5. The maximum atomic E-state index is 9.93. The molecule has 3 aromatic rings. The van der Waals surface area contributed by atoms with Gasteiger partial charge in [-0.05, 0) is 36.6 Å². The summed E-state index contributed by atoms with van der Waals surface area (Å²) in [5.74, 6) is 2.08. The highest BCUT2D eigenvalue weighted by molar-refractivity contribution is 14.1. The first kappa shape index (κ1) is 21.3. The summed E-state index contributed by atoms with van der Waals surface area (Å²) in [5, 5.41) is 21.4. The Hall–Kier alpha value is -1.98. The Labute approximate surface area is 190 Å². The number of anilines is 2. The molecule has 4 rings (SSSR count). The quantitative estimate of drug-likeness (QED) is 0.310. The molecule has 8 nitrogen and oxygen atoms in total. The second-order valence-electron chi connectivity index (χ2n) is 8.30. The van der Waals surface area contributed by atoms with Crippen molar-refractivity contribution in [2.24, 2.45) is 5.41 Å². The molecule has 0 saturated carbocycles. The first-order valence-electron chi connectivity index (χ1n) is 10.3. The second-order valence-corrected chi connectivity index (χ2v) is 9.47. The van der Waals surface area contributed by atoms with Crippen LogP contribution in [0.15, 0.2) is 36.8 Å². The summed E-state index contributed by atoms with van der Waals surface area (Å²) < 4.78 is 4.05. The number of nitrogens with one attached hydrogen (secondary N) is 2. The summed E-state index contributed by atoms with van der Waals surface area (Å²) in [6.07, 6.45) is 6.48. The Morgan fingerprint density at radius 1 is 1.37 bits per heavy atom. The molecule has 0 bridgehead atoms. The predicted octanol–water partition coefficient (Wildman–Crippen LogP) is 2.99. The molecule has 160 valence electrons. The summed E-state index contributed by atoms with van der Waals surface area (Å²) in [6.45, 7) is 7.62. The Balaban J connectivity index is 1.67. The van der Waals surface area contributed by atoms with E-state index in [-0.39, 0.29) is 12.0 Å². The van der Waals surface area contributed by atoms with Crippen molar-refractivity contribution in [3.8, 4) is 0 Å².